The van der Waals surface area contributed by atoms with Gasteiger partial charge in [-0.25, -0.2) is 9.37 Å². The lowest BCUT2D eigenvalue weighted by Crippen LogP contribution is -2.12. The van der Waals surface area contributed by atoms with Crippen molar-refractivity contribution in [2.45, 2.75) is 33.4 Å². The molecule has 0 aliphatic carbocycles. The number of aromatic nitrogens is 2. The van der Waals surface area contributed by atoms with E-state index in [-0.39, 0.29) is 5.82 Å². The Balaban J connectivity index is 0.000000491. The van der Waals surface area contributed by atoms with E-state index in [1.54, 1.807) is 30.0 Å². The number of rotatable bonds is 3. The maximum atomic E-state index is 13.8. The van der Waals surface area contributed by atoms with Gasteiger partial charge in [0.15, 0.2) is 0 Å². The number of hydrogen-bond donors (Lipinski definition) is 2. The molecule has 0 fully saturated rings. The quantitative estimate of drug-likeness (QED) is 0.912. The zero-order valence-electron chi connectivity index (χ0n) is 12.2. The third-order valence-electron chi connectivity index (χ3n) is 2.54. The van der Waals surface area contributed by atoms with E-state index >= 15 is 0 Å². The number of carboxylic acids is 1. The van der Waals surface area contributed by atoms with Gasteiger partial charge in [-0.2, -0.15) is 0 Å². The van der Waals surface area contributed by atoms with Crippen LogP contribution >= 0.6 is 0 Å². The number of halogens is 1. The first-order valence-corrected chi connectivity index (χ1v) is 6.46. The summed E-state index contributed by atoms with van der Waals surface area (Å²) in [7, 11) is 0. The maximum Gasteiger partial charge on any atom is 0.300 e. The Hall–Kier alpha value is -2.21. The highest BCUT2D eigenvalue weighted by Crippen LogP contribution is 2.22. The Labute approximate surface area is 122 Å². The van der Waals surface area contributed by atoms with E-state index in [2.05, 4.69) is 4.98 Å². The molecule has 0 unspecified atom stereocenters. The molecule has 0 amide bonds. The lowest BCUT2D eigenvalue weighted by Gasteiger charge is -2.10. The highest BCUT2D eigenvalue weighted by Gasteiger charge is 2.12. The van der Waals surface area contributed by atoms with Crippen molar-refractivity contribution in [3.8, 4) is 11.4 Å². The molecule has 0 aliphatic heterocycles. The van der Waals surface area contributed by atoms with Crippen LogP contribution < -0.4 is 0 Å². The number of aryl methyl sites for hydroxylation is 1. The van der Waals surface area contributed by atoms with Crippen molar-refractivity contribution in [3.05, 3.63) is 42.0 Å². The van der Waals surface area contributed by atoms with Gasteiger partial charge in [0.05, 0.1) is 11.7 Å². The van der Waals surface area contributed by atoms with Crippen LogP contribution in [0.3, 0.4) is 0 Å². The Morgan fingerprint density at radius 3 is 2.62 bits per heavy atom. The Bertz CT molecular complexity index is 605. The van der Waals surface area contributed by atoms with Crippen LogP contribution in [0.5, 0.6) is 0 Å². The van der Waals surface area contributed by atoms with Crippen LogP contribution in [0.15, 0.2) is 30.6 Å². The fourth-order valence-corrected chi connectivity index (χ4v) is 1.79. The van der Waals surface area contributed by atoms with Crippen molar-refractivity contribution < 1.29 is 19.4 Å². The SMILES string of the molecule is CC(=O)O.Cc1ccc(-c2nccn2C[C@H](C)O)c(F)c1. The summed E-state index contributed by atoms with van der Waals surface area (Å²) in [6, 6.07) is 5.04. The van der Waals surface area contributed by atoms with Gasteiger partial charge in [-0.05, 0) is 31.5 Å². The Morgan fingerprint density at radius 2 is 2.10 bits per heavy atom. The van der Waals surface area contributed by atoms with Crippen molar-refractivity contribution in [2.24, 2.45) is 0 Å². The Morgan fingerprint density at radius 1 is 1.48 bits per heavy atom. The van der Waals surface area contributed by atoms with Crippen LogP contribution in [0.25, 0.3) is 11.4 Å². The highest BCUT2D eigenvalue weighted by atomic mass is 19.1. The number of aliphatic hydroxyl groups is 1. The first-order valence-electron chi connectivity index (χ1n) is 6.46. The molecule has 1 aromatic carbocycles. The standard InChI is InChI=1S/C13H15FN2O.C2H4O2/c1-9-3-4-11(12(14)7-9)13-15-5-6-16(13)8-10(2)17;1-2(3)4/h3-7,10,17H,8H2,1-2H3;1H3,(H,3,4)/t10-;/m0./s1. The molecule has 1 heterocycles. The van der Waals surface area contributed by atoms with Gasteiger partial charge in [-0.1, -0.05) is 6.07 Å². The Kier molecular flexibility index (Phi) is 6.05. The summed E-state index contributed by atoms with van der Waals surface area (Å²) < 4.78 is 15.6. The average molecular weight is 294 g/mol. The monoisotopic (exact) mass is 294 g/mol. The number of hydrogen-bond acceptors (Lipinski definition) is 3. The average Bonchev–Trinajstić information content (AvgIpc) is 2.75. The van der Waals surface area contributed by atoms with E-state index in [9.17, 15) is 9.50 Å². The zero-order chi connectivity index (χ0) is 16.0. The van der Waals surface area contributed by atoms with E-state index in [0.717, 1.165) is 12.5 Å². The minimum atomic E-state index is -0.833. The highest BCUT2D eigenvalue weighted by molar-refractivity contribution is 5.63. The summed E-state index contributed by atoms with van der Waals surface area (Å²) in [5.41, 5.74) is 1.33. The van der Waals surface area contributed by atoms with Gasteiger partial charge in [-0.15, -0.1) is 0 Å². The molecule has 1 aromatic heterocycles. The minimum Gasteiger partial charge on any atom is -0.481 e. The summed E-state index contributed by atoms with van der Waals surface area (Å²) in [6.45, 7) is 5.02. The second kappa shape index (κ2) is 7.54. The lowest BCUT2D eigenvalue weighted by atomic mass is 10.1. The van der Waals surface area contributed by atoms with Crippen molar-refractivity contribution in [1.29, 1.82) is 0 Å². The van der Waals surface area contributed by atoms with Gasteiger partial charge in [0, 0.05) is 25.9 Å². The molecule has 2 aromatic rings. The molecule has 2 rings (SSSR count). The molecular formula is C15H19FN2O3. The molecule has 6 heteroatoms. The molecule has 5 nitrogen and oxygen atoms in total. The third kappa shape index (κ3) is 5.35. The van der Waals surface area contributed by atoms with Gasteiger partial charge in [0.2, 0.25) is 0 Å². The molecule has 0 aliphatic rings. The second-order valence-electron chi connectivity index (χ2n) is 4.75. The molecule has 2 N–H and O–H groups in total. The predicted octanol–water partition coefficient (Wildman–Crippen LogP) is 2.47. The molecule has 0 radical (unpaired) electrons. The van der Waals surface area contributed by atoms with Crippen molar-refractivity contribution in [2.75, 3.05) is 0 Å². The smallest absolute Gasteiger partial charge is 0.300 e. The summed E-state index contributed by atoms with van der Waals surface area (Å²) in [6.07, 6.45) is 2.86. The summed E-state index contributed by atoms with van der Waals surface area (Å²) in [4.78, 5) is 13.1. The third-order valence-corrected chi connectivity index (χ3v) is 2.54. The zero-order valence-corrected chi connectivity index (χ0v) is 12.2. The van der Waals surface area contributed by atoms with Crippen molar-refractivity contribution >= 4 is 5.97 Å². The summed E-state index contributed by atoms with van der Waals surface area (Å²) in [5, 5.41) is 16.8. The van der Waals surface area contributed by atoms with Crippen molar-refractivity contribution in [3.63, 3.8) is 0 Å². The van der Waals surface area contributed by atoms with Gasteiger partial charge in [0.25, 0.3) is 5.97 Å². The molecule has 0 spiro atoms. The van der Waals surface area contributed by atoms with Crippen LogP contribution in [0.4, 0.5) is 4.39 Å². The van der Waals surface area contributed by atoms with Crippen molar-refractivity contribution in [1.82, 2.24) is 9.55 Å². The first-order chi connectivity index (χ1) is 9.81. The van der Waals surface area contributed by atoms with E-state index in [1.165, 1.54) is 6.07 Å². The largest absolute Gasteiger partial charge is 0.481 e. The summed E-state index contributed by atoms with van der Waals surface area (Å²) in [5.74, 6) is -0.577. The molecule has 114 valence electrons. The molecule has 1 atom stereocenters. The van der Waals surface area contributed by atoms with Gasteiger partial charge < -0.3 is 14.8 Å². The molecule has 21 heavy (non-hydrogen) atoms. The fraction of sp³-hybridized carbons (Fsp3) is 0.333. The number of carboxylic acid groups (broad SMARTS) is 1. The van der Waals surface area contributed by atoms with Gasteiger partial charge in [0.1, 0.15) is 11.6 Å². The van der Waals surface area contributed by atoms with E-state index in [1.807, 2.05) is 13.0 Å². The van der Waals surface area contributed by atoms with E-state index in [0.29, 0.717) is 17.9 Å². The van der Waals surface area contributed by atoms with E-state index < -0.39 is 12.1 Å². The predicted molar refractivity (Wildman–Crippen MR) is 77.3 cm³/mol. The topological polar surface area (TPSA) is 75.3 Å². The number of benzene rings is 1. The van der Waals surface area contributed by atoms with Gasteiger partial charge >= 0.3 is 0 Å². The van der Waals surface area contributed by atoms with Crippen LogP contribution in [-0.4, -0.2) is 31.8 Å². The lowest BCUT2D eigenvalue weighted by molar-refractivity contribution is -0.134. The normalized spacial score (nSPS) is 11.5. The molecule has 0 bridgehead atoms. The first kappa shape index (κ1) is 16.8. The number of carbonyl (C=O) groups is 1. The molecular weight excluding hydrogens is 275 g/mol. The maximum absolute atomic E-state index is 13.8. The van der Waals surface area contributed by atoms with E-state index in [4.69, 9.17) is 9.90 Å². The fourth-order valence-electron chi connectivity index (χ4n) is 1.79. The van der Waals surface area contributed by atoms with Gasteiger partial charge in [-0.3, -0.25) is 4.79 Å². The number of nitrogens with zero attached hydrogens (tertiary/aromatic N) is 2. The number of aliphatic hydroxyl groups excluding tert-OH is 1. The van der Waals surface area contributed by atoms with Crippen LogP contribution in [0.2, 0.25) is 0 Å². The van der Waals surface area contributed by atoms with Crippen LogP contribution in [-0.2, 0) is 11.3 Å². The number of aliphatic carboxylic acids is 1. The summed E-state index contributed by atoms with van der Waals surface area (Å²) >= 11 is 0. The minimum absolute atomic E-state index is 0.289. The molecule has 0 saturated carbocycles. The van der Waals surface area contributed by atoms with Crippen LogP contribution in [0, 0.1) is 12.7 Å². The van der Waals surface area contributed by atoms with Crippen LogP contribution in [0.1, 0.15) is 19.4 Å². The molecule has 0 saturated heterocycles. The second-order valence-corrected chi connectivity index (χ2v) is 4.75. The number of imidazole rings is 1.